The number of nitrogens with zero attached hydrogens (tertiary/aromatic N) is 2. The number of methoxy groups -OCH3 is 2. The van der Waals surface area contributed by atoms with Gasteiger partial charge >= 0.3 is 0 Å². The third-order valence-corrected chi connectivity index (χ3v) is 4.76. The maximum atomic E-state index is 6.00. The van der Waals surface area contributed by atoms with Crippen LogP contribution >= 0.6 is 24.0 Å². The molecule has 2 aromatic rings. The van der Waals surface area contributed by atoms with Gasteiger partial charge in [0.25, 0.3) is 0 Å². The first-order valence-corrected chi connectivity index (χ1v) is 10.0. The van der Waals surface area contributed by atoms with E-state index in [9.17, 15) is 0 Å². The normalized spacial score (nSPS) is 13.1. The number of halogens is 1. The molecule has 0 aliphatic rings. The third-order valence-electron chi connectivity index (χ3n) is 4.76. The second-order valence-corrected chi connectivity index (χ2v) is 7.13. The van der Waals surface area contributed by atoms with Gasteiger partial charge in [0.15, 0.2) is 17.5 Å². The molecule has 0 aromatic heterocycles. The molecule has 0 saturated carbocycles. The summed E-state index contributed by atoms with van der Waals surface area (Å²) in [6, 6.07) is 15.8. The van der Waals surface area contributed by atoms with Gasteiger partial charge in [0.2, 0.25) is 0 Å². The zero-order valence-electron chi connectivity index (χ0n) is 19.2. The zero-order valence-corrected chi connectivity index (χ0v) is 21.5. The highest BCUT2D eigenvalue weighted by Crippen LogP contribution is 2.28. The lowest BCUT2D eigenvalue weighted by atomic mass is 10.0. The molecular weight excluding hydrogens is 507 g/mol. The smallest absolute Gasteiger partial charge is 0.191 e. The summed E-state index contributed by atoms with van der Waals surface area (Å²) in [5.41, 5.74) is 1.13. The van der Waals surface area contributed by atoms with Gasteiger partial charge in [-0.1, -0.05) is 30.3 Å². The molecule has 8 heteroatoms. The molecular formula is C23H35IN4O3. The molecule has 2 unspecified atom stereocenters. The Kier molecular flexibility index (Phi) is 12.1. The number of para-hydroxylation sites is 3. The third kappa shape index (κ3) is 8.10. The number of guanidine groups is 1. The molecule has 0 spiro atoms. The van der Waals surface area contributed by atoms with Gasteiger partial charge in [0, 0.05) is 19.2 Å². The number of benzene rings is 2. The second-order valence-electron chi connectivity index (χ2n) is 7.13. The minimum absolute atomic E-state index is 0. The fraction of sp³-hybridized carbons (Fsp3) is 0.435. The monoisotopic (exact) mass is 542 g/mol. The van der Waals surface area contributed by atoms with Crippen molar-refractivity contribution in [2.75, 3.05) is 48.5 Å². The van der Waals surface area contributed by atoms with Crippen molar-refractivity contribution in [1.29, 1.82) is 0 Å². The van der Waals surface area contributed by atoms with Crippen LogP contribution in [0.3, 0.4) is 0 Å². The maximum Gasteiger partial charge on any atom is 0.191 e. The molecule has 2 aromatic carbocycles. The minimum Gasteiger partial charge on any atom is -0.496 e. The summed E-state index contributed by atoms with van der Waals surface area (Å²) in [6.45, 7) is 3.28. The number of nitrogens with one attached hydrogen (secondary N) is 2. The van der Waals surface area contributed by atoms with Crippen LogP contribution in [0.2, 0.25) is 0 Å². The molecule has 7 nitrogen and oxygen atoms in total. The first kappa shape index (κ1) is 26.8. The van der Waals surface area contributed by atoms with Crippen molar-refractivity contribution in [3.63, 3.8) is 0 Å². The Morgan fingerprint density at radius 1 is 0.903 bits per heavy atom. The fourth-order valence-electron chi connectivity index (χ4n) is 3.14. The molecule has 0 heterocycles. The van der Waals surface area contributed by atoms with Crippen LogP contribution in [0.1, 0.15) is 18.5 Å². The summed E-state index contributed by atoms with van der Waals surface area (Å²) in [6.07, 6.45) is -0.0706. The van der Waals surface area contributed by atoms with E-state index < -0.39 is 0 Å². The second kappa shape index (κ2) is 14.0. The van der Waals surface area contributed by atoms with E-state index in [1.807, 2.05) is 49.4 Å². The van der Waals surface area contributed by atoms with E-state index in [1.165, 1.54) is 0 Å². The van der Waals surface area contributed by atoms with Gasteiger partial charge in [-0.25, -0.2) is 0 Å². The molecule has 0 bridgehead atoms. The molecule has 0 fully saturated rings. The summed E-state index contributed by atoms with van der Waals surface area (Å²) >= 11 is 0. The van der Waals surface area contributed by atoms with E-state index in [0.29, 0.717) is 19.0 Å². The van der Waals surface area contributed by atoms with Gasteiger partial charge < -0.3 is 29.7 Å². The lowest BCUT2D eigenvalue weighted by Gasteiger charge is -2.27. The highest BCUT2D eigenvalue weighted by atomic mass is 127. The molecule has 0 radical (unpaired) electrons. The summed E-state index contributed by atoms with van der Waals surface area (Å²) in [4.78, 5) is 6.49. The zero-order chi connectivity index (χ0) is 21.9. The predicted molar refractivity (Wildman–Crippen MR) is 137 cm³/mol. The van der Waals surface area contributed by atoms with E-state index >= 15 is 0 Å². The maximum absolute atomic E-state index is 6.00. The average molecular weight is 542 g/mol. The Hall–Kier alpha value is -2.20. The Morgan fingerprint density at radius 3 is 2.03 bits per heavy atom. The first-order chi connectivity index (χ1) is 14.5. The van der Waals surface area contributed by atoms with Crippen LogP contribution in [0, 0.1) is 0 Å². The first-order valence-electron chi connectivity index (χ1n) is 10.0. The van der Waals surface area contributed by atoms with Gasteiger partial charge in [-0.3, -0.25) is 4.99 Å². The molecule has 2 atom stereocenters. The van der Waals surface area contributed by atoms with Crippen LogP contribution in [0.15, 0.2) is 53.5 Å². The van der Waals surface area contributed by atoms with Crippen molar-refractivity contribution in [2.45, 2.75) is 19.1 Å². The summed E-state index contributed by atoms with van der Waals surface area (Å²) < 4.78 is 16.9. The number of rotatable bonds is 10. The molecule has 0 saturated heterocycles. The van der Waals surface area contributed by atoms with Gasteiger partial charge in [-0.15, -0.1) is 24.0 Å². The summed E-state index contributed by atoms with van der Waals surface area (Å²) in [5, 5.41) is 6.73. The predicted octanol–water partition coefficient (Wildman–Crippen LogP) is 3.56. The van der Waals surface area contributed by atoms with Crippen molar-refractivity contribution in [3.05, 3.63) is 54.1 Å². The summed E-state index contributed by atoms with van der Waals surface area (Å²) in [7, 11) is 9.20. The van der Waals surface area contributed by atoms with Crippen LogP contribution in [0.25, 0.3) is 0 Å². The minimum atomic E-state index is -0.0706. The topological polar surface area (TPSA) is 67.4 Å². The number of likely N-dealkylation sites (N-methyl/N-ethyl adjacent to an activating group) is 1. The molecule has 31 heavy (non-hydrogen) atoms. The molecule has 0 aliphatic carbocycles. The largest absolute Gasteiger partial charge is 0.496 e. The van der Waals surface area contributed by atoms with Crippen molar-refractivity contribution in [1.82, 2.24) is 15.5 Å². The van der Waals surface area contributed by atoms with Crippen LogP contribution in [-0.4, -0.2) is 65.4 Å². The molecule has 0 aliphatic heterocycles. The Bertz CT molecular complexity index is 817. The molecule has 172 valence electrons. The lowest BCUT2D eigenvalue weighted by Crippen LogP contribution is -2.44. The van der Waals surface area contributed by atoms with Crippen LogP contribution in [-0.2, 0) is 0 Å². The van der Waals surface area contributed by atoms with E-state index in [4.69, 9.17) is 14.2 Å². The van der Waals surface area contributed by atoms with Crippen LogP contribution in [0.5, 0.6) is 17.2 Å². The van der Waals surface area contributed by atoms with E-state index in [-0.39, 0.29) is 36.1 Å². The highest BCUT2D eigenvalue weighted by molar-refractivity contribution is 14.0. The van der Waals surface area contributed by atoms with Crippen molar-refractivity contribution >= 4 is 29.9 Å². The number of ether oxygens (including phenoxy) is 3. The van der Waals surface area contributed by atoms with E-state index in [1.54, 1.807) is 21.3 Å². The van der Waals surface area contributed by atoms with Gasteiger partial charge in [0.05, 0.1) is 26.8 Å². The van der Waals surface area contributed by atoms with Gasteiger partial charge in [-0.05, 0) is 39.2 Å². The van der Waals surface area contributed by atoms with Crippen molar-refractivity contribution in [3.8, 4) is 17.2 Å². The number of hydrogen-bond donors (Lipinski definition) is 2. The standard InChI is InChI=1S/C23H34N4O3.HI/c1-17(30-22-14-10-9-13-21(22)29-6)15-25-23(24-2)26-16-19(27(3)4)18-11-7-8-12-20(18)28-5;/h7-14,17,19H,15-16H2,1-6H3,(H2,24,25,26);1H. The Morgan fingerprint density at radius 2 is 1.45 bits per heavy atom. The van der Waals surface area contributed by atoms with Gasteiger partial charge in [0.1, 0.15) is 11.9 Å². The van der Waals surface area contributed by atoms with E-state index in [0.717, 1.165) is 22.8 Å². The van der Waals surface area contributed by atoms with Crippen molar-refractivity contribution < 1.29 is 14.2 Å². The highest BCUT2D eigenvalue weighted by Gasteiger charge is 2.18. The number of hydrogen-bond acceptors (Lipinski definition) is 5. The Labute approximate surface area is 203 Å². The SMILES string of the molecule is CN=C(NCC(C)Oc1ccccc1OC)NCC(c1ccccc1OC)N(C)C.I. The average Bonchev–Trinajstić information content (AvgIpc) is 2.76. The Balaban J connectivity index is 0.00000480. The van der Waals surface area contributed by atoms with Gasteiger partial charge in [-0.2, -0.15) is 0 Å². The molecule has 2 N–H and O–H groups in total. The fourth-order valence-corrected chi connectivity index (χ4v) is 3.14. The van der Waals surface area contributed by atoms with Crippen LogP contribution < -0.4 is 24.8 Å². The molecule has 2 rings (SSSR count). The quantitative estimate of drug-likeness (QED) is 0.272. The summed E-state index contributed by atoms with van der Waals surface area (Å²) in [5.74, 6) is 3.03. The van der Waals surface area contributed by atoms with Crippen molar-refractivity contribution in [2.24, 2.45) is 4.99 Å². The lowest BCUT2D eigenvalue weighted by molar-refractivity contribution is 0.213. The van der Waals surface area contributed by atoms with E-state index in [2.05, 4.69) is 40.7 Å². The molecule has 0 amide bonds. The number of aliphatic imine (C=N–C) groups is 1. The van der Waals surface area contributed by atoms with Crippen LogP contribution in [0.4, 0.5) is 0 Å².